The van der Waals surface area contributed by atoms with Gasteiger partial charge in [0.15, 0.2) is 5.75 Å². The first-order valence-corrected chi connectivity index (χ1v) is 10.0. The molecule has 2 aromatic rings. The molecule has 7 heteroatoms. The largest absolute Gasteiger partial charge is 0.455 e. The molecule has 0 aliphatic carbocycles. The number of amides is 3. The number of urea groups is 1. The van der Waals surface area contributed by atoms with Crippen molar-refractivity contribution in [2.45, 2.75) is 19.3 Å². The Morgan fingerprint density at radius 3 is 2.66 bits per heavy atom. The third-order valence-corrected chi connectivity index (χ3v) is 4.95. The van der Waals surface area contributed by atoms with E-state index in [4.69, 9.17) is 10.5 Å². The molecule has 154 valence electrons. The second kappa shape index (κ2) is 10.5. The zero-order chi connectivity index (χ0) is 20.5. The zero-order valence-corrected chi connectivity index (χ0v) is 16.5. The zero-order valence-electron chi connectivity index (χ0n) is 16.5. The summed E-state index contributed by atoms with van der Waals surface area (Å²) in [6.07, 6.45) is 2.66. The number of nitrogens with one attached hydrogen (secondary N) is 2. The predicted octanol–water partition coefficient (Wildman–Crippen LogP) is 3.19. The van der Waals surface area contributed by atoms with Gasteiger partial charge in [0, 0.05) is 13.1 Å². The normalized spacial score (nSPS) is 16.8. The van der Waals surface area contributed by atoms with Crippen LogP contribution in [0.15, 0.2) is 54.6 Å². The van der Waals surface area contributed by atoms with Crippen molar-refractivity contribution in [3.63, 3.8) is 0 Å². The quantitative estimate of drug-likeness (QED) is 0.597. The molecule has 1 heterocycles. The van der Waals surface area contributed by atoms with E-state index in [9.17, 15) is 9.59 Å². The first-order valence-electron chi connectivity index (χ1n) is 10.0. The molecule has 0 bridgehead atoms. The van der Waals surface area contributed by atoms with Gasteiger partial charge in [0.25, 0.3) is 0 Å². The summed E-state index contributed by atoms with van der Waals surface area (Å²) in [5, 5.41) is 5.71. The van der Waals surface area contributed by atoms with E-state index in [1.165, 1.54) is 0 Å². The summed E-state index contributed by atoms with van der Waals surface area (Å²) in [4.78, 5) is 25.9. The highest BCUT2D eigenvalue weighted by Crippen LogP contribution is 2.28. The summed E-state index contributed by atoms with van der Waals surface area (Å²) >= 11 is 0. The van der Waals surface area contributed by atoms with E-state index in [-0.39, 0.29) is 17.9 Å². The fourth-order valence-electron chi connectivity index (χ4n) is 3.44. The van der Waals surface area contributed by atoms with E-state index in [2.05, 4.69) is 15.5 Å². The second-order valence-electron chi connectivity index (χ2n) is 7.19. The monoisotopic (exact) mass is 396 g/mol. The Morgan fingerprint density at radius 2 is 1.86 bits per heavy atom. The average Bonchev–Trinajstić information content (AvgIpc) is 2.74. The maximum Gasteiger partial charge on any atom is 0.319 e. The lowest BCUT2D eigenvalue weighted by molar-refractivity contribution is -0.123. The molecule has 0 spiro atoms. The number of hydrogen-bond donors (Lipinski definition) is 3. The van der Waals surface area contributed by atoms with Crippen LogP contribution in [0.3, 0.4) is 0 Å². The van der Waals surface area contributed by atoms with Crippen LogP contribution >= 0.6 is 0 Å². The van der Waals surface area contributed by atoms with E-state index in [0.717, 1.165) is 32.4 Å². The number of para-hydroxylation sites is 3. The maximum atomic E-state index is 12.3. The fraction of sp³-hybridized carbons (Fsp3) is 0.364. The second-order valence-corrected chi connectivity index (χ2v) is 7.19. The van der Waals surface area contributed by atoms with Crippen LogP contribution in [-0.4, -0.2) is 43.0 Å². The van der Waals surface area contributed by atoms with Crippen LogP contribution < -0.4 is 21.1 Å². The molecule has 1 fully saturated rings. The molecule has 4 N–H and O–H groups in total. The molecule has 29 heavy (non-hydrogen) atoms. The molecular formula is C22H28N4O3. The molecule has 1 aliphatic rings. The predicted molar refractivity (Wildman–Crippen MR) is 113 cm³/mol. The van der Waals surface area contributed by atoms with Gasteiger partial charge in [0.2, 0.25) is 5.91 Å². The minimum absolute atomic E-state index is 0.0545. The van der Waals surface area contributed by atoms with E-state index >= 15 is 0 Å². The third kappa shape index (κ3) is 6.50. The molecule has 2 aromatic carbocycles. The van der Waals surface area contributed by atoms with Crippen molar-refractivity contribution in [1.29, 1.82) is 0 Å². The van der Waals surface area contributed by atoms with Gasteiger partial charge in [-0.1, -0.05) is 30.3 Å². The Kier molecular flexibility index (Phi) is 7.47. The highest BCUT2D eigenvalue weighted by molar-refractivity contribution is 5.90. The molecule has 1 saturated heterocycles. The SMILES string of the molecule is NC(=O)C1CCCN(CCCNC(=O)Nc2ccccc2Oc2ccccc2)C1. The smallest absolute Gasteiger partial charge is 0.319 e. The summed E-state index contributed by atoms with van der Waals surface area (Å²) in [5.41, 5.74) is 6.02. The molecule has 1 aliphatic heterocycles. The minimum atomic E-state index is -0.275. The van der Waals surface area contributed by atoms with Crippen molar-refractivity contribution >= 4 is 17.6 Å². The number of carbonyl (C=O) groups is 2. The molecule has 0 radical (unpaired) electrons. The van der Waals surface area contributed by atoms with Gasteiger partial charge in [-0.25, -0.2) is 4.79 Å². The van der Waals surface area contributed by atoms with Gasteiger partial charge in [-0.3, -0.25) is 4.79 Å². The number of hydrogen-bond acceptors (Lipinski definition) is 4. The van der Waals surface area contributed by atoms with Gasteiger partial charge in [-0.2, -0.15) is 0 Å². The molecule has 1 unspecified atom stereocenters. The Balaban J connectivity index is 1.42. The molecule has 0 saturated carbocycles. The molecule has 7 nitrogen and oxygen atoms in total. The lowest BCUT2D eigenvalue weighted by Gasteiger charge is -2.31. The van der Waals surface area contributed by atoms with E-state index in [0.29, 0.717) is 30.3 Å². The van der Waals surface area contributed by atoms with Crippen LogP contribution in [0.2, 0.25) is 0 Å². The number of carbonyl (C=O) groups excluding carboxylic acids is 2. The van der Waals surface area contributed by atoms with Gasteiger partial charge in [-0.15, -0.1) is 0 Å². The van der Waals surface area contributed by atoms with Gasteiger partial charge in [0.1, 0.15) is 5.75 Å². The Morgan fingerprint density at radius 1 is 1.10 bits per heavy atom. The van der Waals surface area contributed by atoms with Gasteiger partial charge in [0.05, 0.1) is 11.6 Å². The fourth-order valence-corrected chi connectivity index (χ4v) is 3.44. The Bertz CT molecular complexity index is 813. The van der Waals surface area contributed by atoms with Crippen molar-refractivity contribution in [3.05, 3.63) is 54.6 Å². The first kappa shape index (κ1) is 20.7. The molecule has 3 amide bonds. The van der Waals surface area contributed by atoms with Crippen LogP contribution in [0, 0.1) is 5.92 Å². The summed E-state index contributed by atoms with van der Waals surface area (Å²) in [6, 6.07) is 16.5. The number of piperidine rings is 1. The molecule has 0 aromatic heterocycles. The first-order chi connectivity index (χ1) is 14.1. The lowest BCUT2D eigenvalue weighted by atomic mass is 9.97. The third-order valence-electron chi connectivity index (χ3n) is 4.95. The number of rotatable bonds is 8. The number of likely N-dealkylation sites (tertiary alicyclic amines) is 1. The van der Waals surface area contributed by atoms with E-state index in [1.54, 1.807) is 6.07 Å². The van der Waals surface area contributed by atoms with Gasteiger partial charge in [-0.05, 0) is 56.6 Å². The maximum absolute atomic E-state index is 12.3. The van der Waals surface area contributed by atoms with Crippen molar-refractivity contribution in [3.8, 4) is 11.5 Å². The minimum Gasteiger partial charge on any atom is -0.455 e. The number of benzene rings is 2. The van der Waals surface area contributed by atoms with Crippen LogP contribution in [0.25, 0.3) is 0 Å². The van der Waals surface area contributed by atoms with Crippen molar-refractivity contribution in [2.24, 2.45) is 11.7 Å². The molecule has 1 atom stereocenters. The van der Waals surface area contributed by atoms with Crippen molar-refractivity contribution in [2.75, 3.05) is 31.5 Å². The van der Waals surface area contributed by atoms with Gasteiger partial charge >= 0.3 is 6.03 Å². The summed E-state index contributed by atoms with van der Waals surface area (Å²) < 4.78 is 5.86. The number of nitrogens with zero attached hydrogens (tertiary/aromatic N) is 1. The van der Waals surface area contributed by atoms with Crippen molar-refractivity contribution in [1.82, 2.24) is 10.2 Å². The summed E-state index contributed by atoms with van der Waals surface area (Å²) in [5.74, 6) is 1.02. The van der Waals surface area contributed by atoms with Gasteiger partial charge < -0.3 is 26.0 Å². The molecular weight excluding hydrogens is 368 g/mol. The number of nitrogens with two attached hydrogens (primary N) is 1. The van der Waals surface area contributed by atoms with E-state index < -0.39 is 0 Å². The summed E-state index contributed by atoms with van der Waals surface area (Å²) in [7, 11) is 0. The van der Waals surface area contributed by atoms with E-state index in [1.807, 2.05) is 48.5 Å². The summed E-state index contributed by atoms with van der Waals surface area (Å²) in [6.45, 7) is 3.06. The standard InChI is InChI=1S/C22H28N4O3/c23-21(27)17-8-6-14-26(16-17)15-7-13-24-22(28)25-19-11-4-5-12-20(19)29-18-9-2-1-3-10-18/h1-5,9-12,17H,6-8,13-16H2,(H2,23,27)(H2,24,25,28). The highest BCUT2D eigenvalue weighted by atomic mass is 16.5. The average molecular weight is 396 g/mol. The highest BCUT2D eigenvalue weighted by Gasteiger charge is 2.23. The van der Waals surface area contributed by atoms with Crippen molar-refractivity contribution < 1.29 is 14.3 Å². The molecule has 3 rings (SSSR count). The number of primary amides is 1. The van der Waals surface area contributed by atoms with Crippen LogP contribution in [-0.2, 0) is 4.79 Å². The Labute approximate surface area is 171 Å². The van der Waals surface area contributed by atoms with Crippen LogP contribution in [0.4, 0.5) is 10.5 Å². The number of ether oxygens (including phenoxy) is 1. The van der Waals surface area contributed by atoms with Crippen LogP contribution in [0.5, 0.6) is 11.5 Å². The lowest BCUT2D eigenvalue weighted by Crippen LogP contribution is -2.42. The number of anilines is 1. The van der Waals surface area contributed by atoms with Crippen LogP contribution in [0.1, 0.15) is 19.3 Å². The Hall–Kier alpha value is -3.06. The topological polar surface area (TPSA) is 96.7 Å².